The standard InChI is InChI=1S/2C12H10N.2BrH.Hf/c2*1-3-7-11(8-4-1)13-12-9-5-2-6-10-12;;;/h2*1-10H;2*1H;/q2*-1;;;+4/p-2. The van der Waals surface area contributed by atoms with Gasteiger partial charge < -0.3 is 44.6 Å². The Morgan fingerprint density at radius 3 is 0.655 bits per heavy atom. The summed E-state index contributed by atoms with van der Waals surface area (Å²) >= 11 is 0. The van der Waals surface area contributed by atoms with Crippen LogP contribution in [-0.4, -0.2) is 0 Å². The summed E-state index contributed by atoms with van der Waals surface area (Å²) < 4.78 is 0. The first kappa shape index (κ1) is 27.3. The van der Waals surface area contributed by atoms with Crippen molar-refractivity contribution in [2.45, 2.75) is 0 Å². The number of rotatable bonds is 4. The molecule has 0 radical (unpaired) electrons. The maximum atomic E-state index is 4.44. The van der Waals surface area contributed by atoms with Gasteiger partial charge in [-0.25, -0.2) is 0 Å². The Morgan fingerprint density at radius 2 is 0.483 bits per heavy atom. The van der Waals surface area contributed by atoms with Crippen LogP contribution in [0.1, 0.15) is 0 Å². The first-order valence-electron chi connectivity index (χ1n) is 8.54. The van der Waals surface area contributed by atoms with E-state index in [0.29, 0.717) is 0 Å². The second-order valence-corrected chi connectivity index (χ2v) is 5.57. The smallest absolute Gasteiger partial charge is 1.00 e. The fourth-order valence-corrected chi connectivity index (χ4v) is 2.31. The molecule has 0 saturated carbocycles. The van der Waals surface area contributed by atoms with Gasteiger partial charge in [-0.3, -0.25) is 0 Å². The third-order valence-corrected chi connectivity index (χ3v) is 3.54. The Balaban J connectivity index is 0.000000490. The minimum Gasteiger partial charge on any atom is -1.00 e. The molecule has 0 heterocycles. The summed E-state index contributed by atoms with van der Waals surface area (Å²) in [5.41, 5.74) is 3.98. The van der Waals surface area contributed by atoms with E-state index in [2.05, 4.69) is 10.6 Å². The molecule has 0 aromatic heterocycles. The molecule has 0 spiro atoms. The Hall–Kier alpha value is -1.69. The number of hydrogen-bond acceptors (Lipinski definition) is 0. The van der Waals surface area contributed by atoms with E-state index in [9.17, 15) is 0 Å². The molecule has 5 heteroatoms. The molecule has 144 valence electrons. The number of nitrogens with zero attached hydrogens (tertiary/aromatic N) is 2. The first-order chi connectivity index (χ1) is 12.9. The molecule has 0 bridgehead atoms. The van der Waals surface area contributed by atoms with Crippen molar-refractivity contribution in [3.63, 3.8) is 0 Å². The minimum atomic E-state index is 0. The monoisotopic (exact) mass is 674 g/mol. The first-order valence-corrected chi connectivity index (χ1v) is 8.54. The maximum Gasteiger partial charge on any atom is 4.00 e. The summed E-state index contributed by atoms with van der Waals surface area (Å²) in [7, 11) is 0. The zero-order valence-electron chi connectivity index (χ0n) is 15.7. The van der Waals surface area contributed by atoms with Crippen molar-refractivity contribution < 1.29 is 59.8 Å². The van der Waals surface area contributed by atoms with Crippen LogP contribution in [-0.2, 0) is 25.8 Å². The van der Waals surface area contributed by atoms with Gasteiger partial charge in [-0.05, 0) is 0 Å². The van der Waals surface area contributed by atoms with Crippen LogP contribution in [0.5, 0.6) is 0 Å². The second kappa shape index (κ2) is 16.1. The molecule has 4 rings (SSSR count). The Morgan fingerprint density at radius 1 is 0.310 bits per heavy atom. The zero-order valence-corrected chi connectivity index (χ0v) is 22.5. The number of halogens is 2. The number of benzene rings is 4. The van der Waals surface area contributed by atoms with Gasteiger partial charge in [0, 0.05) is 0 Å². The third-order valence-electron chi connectivity index (χ3n) is 3.54. The molecular formula is C24H20Br2HfN2. The molecule has 0 N–H and O–H groups in total. The normalized spacial score (nSPS) is 8.55. The van der Waals surface area contributed by atoms with Crippen LogP contribution in [0.15, 0.2) is 121 Å². The van der Waals surface area contributed by atoms with E-state index >= 15 is 0 Å². The average Bonchev–Trinajstić information content (AvgIpc) is 2.72. The van der Waals surface area contributed by atoms with Gasteiger partial charge in [-0.1, -0.05) is 121 Å². The average molecular weight is 675 g/mol. The zero-order chi connectivity index (χ0) is 17.9. The van der Waals surface area contributed by atoms with E-state index in [1.54, 1.807) is 0 Å². The van der Waals surface area contributed by atoms with E-state index in [1.807, 2.05) is 121 Å². The van der Waals surface area contributed by atoms with Crippen LogP contribution < -0.4 is 34.0 Å². The molecule has 0 amide bonds. The number of para-hydroxylation sites is 4. The van der Waals surface area contributed by atoms with Gasteiger partial charge in [0.05, 0.1) is 0 Å². The molecule has 0 fully saturated rings. The van der Waals surface area contributed by atoms with Crippen molar-refractivity contribution in [2.24, 2.45) is 0 Å². The van der Waals surface area contributed by atoms with Crippen LogP contribution in [0.4, 0.5) is 22.7 Å². The van der Waals surface area contributed by atoms with Crippen LogP contribution >= 0.6 is 0 Å². The molecule has 4 aromatic carbocycles. The second-order valence-electron chi connectivity index (χ2n) is 5.57. The van der Waals surface area contributed by atoms with E-state index in [-0.39, 0.29) is 59.8 Å². The van der Waals surface area contributed by atoms with Gasteiger partial charge in [0.2, 0.25) is 0 Å². The van der Waals surface area contributed by atoms with E-state index < -0.39 is 0 Å². The van der Waals surface area contributed by atoms with Crippen molar-refractivity contribution in [1.82, 2.24) is 0 Å². The molecular weight excluding hydrogens is 655 g/mol. The van der Waals surface area contributed by atoms with Crippen molar-refractivity contribution in [2.75, 3.05) is 0 Å². The van der Waals surface area contributed by atoms with E-state index in [1.165, 1.54) is 0 Å². The topological polar surface area (TPSA) is 28.2 Å². The SMILES string of the molecule is [Br-].[Br-].[Hf+4].c1ccc([N-]c2ccccc2)cc1.c1ccc([N-]c2ccccc2)cc1. The molecule has 0 aliphatic heterocycles. The molecule has 2 nitrogen and oxygen atoms in total. The van der Waals surface area contributed by atoms with Gasteiger partial charge in [-0.15, -0.1) is 22.7 Å². The molecule has 0 saturated heterocycles. The van der Waals surface area contributed by atoms with Gasteiger partial charge >= 0.3 is 25.8 Å². The maximum absolute atomic E-state index is 4.44. The van der Waals surface area contributed by atoms with Crippen LogP contribution in [0.25, 0.3) is 10.6 Å². The van der Waals surface area contributed by atoms with Crippen molar-refractivity contribution in [3.05, 3.63) is 132 Å². The molecule has 0 atom stereocenters. The Labute approximate surface area is 213 Å². The Bertz CT molecular complexity index is 725. The van der Waals surface area contributed by atoms with Crippen LogP contribution in [0, 0.1) is 0 Å². The molecule has 4 aromatic rings. The molecule has 0 unspecified atom stereocenters. The van der Waals surface area contributed by atoms with Gasteiger partial charge in [0.25, 0.3) is 0 Å². The third kappa shape index (κ3) is 10.6. The summed E-state index contributed by atoms with van der Waals surface area (Å²) in [4.78, 5) is 0. The van der Waals surface area contributed by atoms with Gasteiger partial charge in [-0.2, -0.15) is 0 Å². The molecule has 0 aliphatic carbocycles. The summed E-state index contributed by atoms with van der Waals surface area (Å²) in [5.74, 6) is 0. The van der Waals surface area contributed by atoms with E-state index in [0.717, 1.165) is 22.7 Å². The quantitative estimate of drug-likeness (QED) is 0.297. The molecule has 0 aliphatic rings. The van der Waals surface area contributed by atoms with Gasteiger partial charge in [0.1, 0.15) is 0 Å². The predicted molar refractivity (Wildman–Crippen MR) is 111 cm³/mol. The van der Waals surface area contributed by atoms with Crippen molar-refractivity contribution >= 4 is 22.7 Å². The van der Waals surface area contributed by atoms with Crippen molar-refractivity contribution in [1.29, 1.82) is 0 Å². The Kier molecular flexibility index (Phi) is 15.2. The van der Waals surface area contributed by atoms with Crippen LogP contribution in [0.2, 0.25) is 0 Å². The van der Waals surface area contributed by atoms with E-state index in [4.69, 9.17) is 0 Å². The fourth-order valence-electron chi connectivity index (χ4n) is 2.31. The molecule has 29 heavy (non-hydrogen) atoms. The summed E-state index contributed by atoms with van der Waals surface area (Å²) in [6.45, 7) is 0. The largest absolute Gasteiger partial charge is 4.00 e. The fraction of sp³-hybridized carbons (Fsp3) is 0. The minimum absolute atomic E-state index is 0. The number of hydrogen-bond donors (Lipinski definition) is 0. The summed E-state index contributed by atoms with van der Waals surface area (Å²) in [6.07, 6.45) is 0. The van der Waals surface area contributed by atoms with Crippen molar-refractivity contribution in [3.8, 4) is 0 Å². The van der Waals surface area contributed by atoms with Gasteiger partial charge in [0.15, 0.2) is 0 Å². The summed E-state index contributed by atoms with van der Waals surface area (Å²) in [6, 6.07) is 39.8. The summed E-state index contributed by atoms with van der Waals surface area (Å²) in [5, 5.41) is 8.88. The van der Waals surface area contributed by atoms with Crippen LogP contribution in [0.3, 0.4) is 0 Å². The predicted octanol–water partition coefficient (Wildman–Crippen LogP) is 2.05.